The van der Waals surface area contributed by atoms with Gasteiger partial charge in [-0.15, -0.1) is 11.3 Å². The molecular formula is C46H37NS. The Hall–Kier alpha value is -5.18. The summed E-state index contributed by atoms with van der Waals surface area (Å²) in [6.07, 6.45) is 0. The summed E-state index contributed by atoms with van der Waals surface area (Å²) in [6, 6.07) is 49.9. The van der Waals surface area contributed by atoms with Gasteiger partial charge in [0.1, 0.15) is 0 Å². The molecule has 1 aromatic heterocycles. The summed E-state index contributed by atoms with van der Waals surface area (Å²) in [6.45, 7) is 11.5. The van der Waals surface area contributed by atoms with Crippen LogP contribution >= 0.6 is 11.3 Å². The largest absolute Gasteiger partial charge is 0.309 e. The van der Waals surface area contributed by atoms with E-state index in [0.717, 1.165) is 0 Å². The van der Waals surface area contributed by atoms with E-state index in [1.54, 1.807) is 0 Å². The number of benzene rings is 7. The van der Waals surface area contributed by atoms with E-state index in [4.69, 9.17) is 0 Å². The summed E-state index contributed by atoms with van der Waals surface area (Å²) in [5.41, 5.74) is 15.4. The highest BCUT2D eigenvalue weighted by Crippen LogP contribution is 2.56. The fourth-order valence-electron chi connectivity index (χ4n) is 8.23. The summed E-state index contributed by atoms with van der Waals surface area (Å²) >= 11 is 1.88. The molecular weight excluding hydrogens is 599 g/mol. The maximum Gasteiger partial charge on any atom is 0.0555 e. The zero-order valence-corrected chi connectivity index (χ0v) is 28.9. The van der Waals surface area contributed by atoms with Crippen LogP contribution in [0.15, 0.2) is 133 Å². The quantitative estimate of drug-likeness (QED) is 0.186. The second-order valence-corrected chi connectivity index (χ2v) is 15.0. The maximum absolute atomic E-state index is 2.57. The molecule has 0 spiro atoms. The molecule has 0 amide bonds. The first-order chi connectivity index (χ1) is 23.3. The lowest BCUT2D eigenvalue weighted by molar-refractivity contribution is 0.660. The lowest BCUT2D eigenvalue weighted by Crippen LogP contribution is -2.17. The first-order valence-electron chi connectivity index (χ1n) is 16.9. The Bertz CT molecular complexity index is 2580. The molecule has 8 aromatic rings. The van der Waals surface area contributed by atoms with Crippen molar-refractivity contribution >= 4 is 59.3 Å². The van der Waals surface area contributed by atoms with Crippen molar-refractivity contribution in [3.63, 3.8) is 0 Å². The topological polar surface area (TPSA) is 3.24 Å². The molecule has 2 heteroatoms. The normalized spacial score (nSPS) is 13.3. The van der Waals surface area contributed by atoms with Gasteiger partial charge in [-0.1, -0.05) is 123 Å². The summed E-state index contributed by atoms with van der Waals surface area (Å²) < 4.78 is 2.62. The van der Waals surface area contributed by atoms with E-state index in [2.05, 4.69) is 173 Å². The average molecular weight is 636 g/mol. The van der Waals surface area contributed by atoms with Crippen molar-refractivity contribution in [2.75, 3.05) is 4.90 Å². The minimum absolute atomic E-state index is 0.139. The third kappa shape index (κ3) is 4.15. The molecule has 232 valence electrons. The van der Waals surface area contributed by atoms with Crippen LogP contribution < -0.4 is 4.90 Å². The van der Waals surface area contributed by atoms with Crippen molar-refractivity contribution < 1.29 is 0 Å². The number of anilines is 3. The molecule has 0 saturated heterocycles. The molecule has 0 saturated carbocycles. The van der Waals surface area contributed by atoms with E-state index in [0.29, 0.717) is 0 Å². The second-order valence-electron chi connectivity index (χ2n) is 13.9. The monoisotopic (exact) mass is 635 g/mol. The number of nitrogens with zero attached hydrogens (tertiary/aromatic N) is 1. The first-order valence-corrected chi connectivity index (χ1v) is 17.7. The second kappa shape index (κ2) is 10.7. The van der Waals surface area contributed by atoms with Gasteiger partial charge in [0.2, 0.25) is 0 Å². The number of aryl methyl sites for hydroxylation is 2. The molecule has 1 nitrogen and oxygen atoms in total. The minimum atomic E-state index is -0.139. The number of hydrogen-bond acceptors (Lipinski definition) is 2. The van der Waals surface area contributed by atoms with Crippen LogP contribution in [0.4, 0.5) is 17.1 Å². The molecule has 0 atom stereocenters. The van der Waals surface area contributed by atoms with E-state index < -0.39 is 0 Å². The number of fused-ring (bicyclic) bond motifs is 8. The molecule has 0 radical (unpaired) electrons. The lowest BCUT2D eigenvalue weighted by Gasteiger charge is -2.32. The van der Waals surface area contributed by atoms with Gasteiger partial charge in [-0.3, -0.25) is 0 Å². The molecule has 0 aliphatic heterocycles. The Morgan fingerprint density at radius 1 is 0.500 bits per heavy atom. The van der Waals surface area contributed by atoms with Crippen molar-refractivity contribution in [3.05, 3.63) is 161 Å². The highest BCUT2D eigenvalue weighted by Gasteiger charge is 2.38. The van der Waals surface area contributed by atoms with Crippen molar-refractivity contribution in [2.24, 2.45) is 0 Å². The predicted octanol–water partition coefficient (Wildman–Crippen LogP) is 13.6. The lowest BCUT2D eigenvalue weighted by atomic mass is 9.81. The number of thiophene rings is 1. The van der Waals surface area contributed by atoms with Crippen LogP contribution in [0.1, 0.15) is 41.7 Å². The van der Waals surface area contributed by atoms with Gasteiger partial charge in [-0.2, -0.15) is 0 Å². The molecule has 7 aromatic carbocycles. The molecule has 9 rings (SSSR count). The van der Waals surface area contributed by atoms with Crippen LogP contribution in [0, 0.1) is 20.8 Å². The molecule has 48 heavy (non-hydrogen) atoms. The molecule has 1 aliphatic rings. The van der Waals surface area contributed by atoms with E-state index in [9.17, 15) is 0 Å². The van der Waals surface area contributed by atoms with E-state index in [-0.39, 0.29) is 5.41 Å². The van der Waals surface area contributed by atoms with Gasteiger partial charge in [0.05, 0.1) is 11.4 Å². The Balaban J connectivity index is 1.42. The Labute approximate surface area is 286 Å². The molecule has 0 unspecified atom stereocenters. The van der Waals surface area contributed by atoms with Crippen LogP contribution in [0.3, 0.4) is 0 Å². The van der Waals surface area contributed by atoms with E-state index in [1.165, 1.54) is 98.1 Å². The standard InChI is InChI=1S/C46H37NS/c1-28-24-25-35-37(26-28)46(4,5)38-27-41(33-16-8-9-17-34(33)44(35)38)47(39-20-12-19-32(30(39)3)31-15-7-6-14-29(31)2)40-21-13-23-43-45(40)36-18-10-11-22-42(36)48-43/h6-27H,1-5H3. The van der Waals surface area contributed by atoms with Crippen molar-refractivity contribution in [1.29, 1.82) is 0 Å². The van der Waals surface area contributed by atoms with Crippen LogP contribution in [0.5, 0.6) is 0 Å². The number of rotatable bonds is 4. The third-order valence-electron chi connectivity index (χ3n) is 10.7. The number of hydrogen-bond donors (Lipinski definition) is 0. The fraction of sp³-hybridized carbons (Fsp3) is 0.130. The summed E-state index contributed by atoms with van der Waals surface area (Å²) in [4.78, 5) is 2.57. The predicted molar refractivity (Wildman–Crippen MR) is 209 cm³/mol. The third-order valence-corrected chi connectivity index (χ3v) is 11.8. The first kappa shape index (κ1) is 29.0. The van der Waals surface area contributed by atoms with Crippen LogP contribution in [-0.2, 0) is 5.41 Å². The minimum Gasteiger partial charge on any atom is -0.309 e. The highest BCUT2D eigenvalue weighted by atomic mass is 32.1. The van der Waals surface area contributed by atoms with Gasteiger partial charge in [-0.25, -0.2) is 0 Å². The van der Waals surface area contributed by atoms with Gasteiger partial charge in [0, 0.05) is 36.7 Å². The maximum atomic E-state index is 2.57. The van der Waals surface area contributed by atoms with Gasteiger partial charge in [0.25, 0.3) is 0 Å². The summed E-state index contributed by atoms with van der Waals surface area (Å²) in [7, 11) is 0. The van der Waals surface area contributed by atoms with E-state index in [1.807, 2.05) is 11.3 Å². The van der Waals surface area contributed by atoms with Crippen LogP contribution in [0.25, 0.3) is 53.2 Å². The molecule has 1 aliphatic carbocycles. The smallest absolute Gasteiger partial charge is 0.0555 e. The van der Waals surface area contributed by atoms with Gasteiger partial charge in [0.15, 0.2) is 0 Å². The molecule has 0 bridgehead atoms. The summed E-state index contributed by atoms with van der Waals surface area (Å²) in [5, 5.41) is 5.18. The SMILES string of the molecule is Cc1ccc2c(c1)C(C)(C)c1cc(N(c3cccc(-c4ccccc4C)c3C)c3cccc4sc5ccccc5c34)c3ccccc3c1-2. The fourth-order valence-corrected chi connectivity index (χ4v) is 9.35. The van der Waals surface area contributed by atoms with Crippen molar-refractivity contribution in [2.45, 2.75) is 40.0 Å². The molecule has 1 heterocycles. The van der Waals surface area contributed by atoms with Crippen LogP contribution in [0.2, 0.25) is 0 Å². The Morgan fingerprint density at radius 2 is 1.17 bits per heavy atom. The Morgan fingerprint density at radius 3 is 2.00 bits per heavy atom. The van der Waals surface area contributed by atoms with Crippen molar-refractivity contribution in [1.82, 2.24) is 0 Å². The Kier molecular flexibility index (Phi) is 6.44. The van der Waals surface area contributed by atoms with Gasteiger partial charge in [-0.05, 0) is 101 Å². The highest BCUT2D eigenvalue weighted by molar-refractivity contribution is 7.26. The zero-order valence-electron chi connectivity index (χ0n) is 28.1. The van der Waals surface area contributed by atoms with Gasteiger partial charge >= 0.3 is 0 Å². The van der Waals surface area contributed by atoms with Crippen molar-refractivity contribution in [3.8, 4) is 22.3 Å². The summed E-state index contributed by atoms with van der Waals surface area (Å²) in [5.74, 6) is 0. The molecule has 0 fully saturated rings. The van der Waals surface area contributed by atoms with Crippen LogP contribution in [-0.4, -0.2) is 0 Å². The molecule has 0 N–H and O–H groups in total. The van der Waals surface area contributed by atoms with E-state index >= 15 is 0 Å². The zero-order chi connectivity index (χ0) is 32.7. The average Bonchev–Trinajstić information content (AvgIpc) is 3.58. The van der Waals surface area contributed by atoms with Gasteiger partial charge < -0.3 is 4.90 Å².